The summed E-state index contributed by atoms with van der Waals surface area (Å²) in [6.45, 7) is 0.822. The summed E-state index contributed by atoms with van der Waals surface area (Å²) in [6, 6.07) is 11.6. The van der Waals surface area contributed by atoms with Gasteiger partial charge in [-0.25, -0.2) is 9.37 Å². The number of hydrogen-bond donors (Lipinski definition) is 5. The first-order valence-electron chi connectivity index (χ1n) is 9.27. The van der Waals surface area contributed by atoms with E-state index >= 15 is 0 Å². The zero-order valence-electron chi connectivity index (χ0n) is 16.3. The van der Waals surface area contributed by atoms with E-state index in [1.165, 1.54) is 12.1 Å². The van der Waals surface area contributed by atoms with Crippen LogP contribution < -0.4 is 22.5 Å². The van der Waals surface area contributed by atoms with Crippen LogP contribution in [0.1, 0.15) is 23.5 Å². The lowest BCUT2D eigenvalue weighted by Gasteiger charge is -2.11. The Balaban J connectivity index is 0.00000320. The molecule has 0 bridgehead atoms. The Bertz CT molecular complexity index is 1020. The molecule has 10 heteroatoms. The van der Waals surface area contributed by atoms with Gasteiger partial charge in [0.25, 0.3) is 5.91 Å². The lowest BCUT2D eigenvalue weighted by Crippen LogP contribution is -2.37. The molecule has 0 radical (unpaired) electrons. The number of fused-ring (bicyclic) bond motifs is 1. The van der Waals surface area contributed by atoms with Crippen LogP contribution >= 0.6 is 12.4 Å². The first kappa shape index (κ1) is 23.1. The lowest BCUT2D eigenvalue weighted by atomic mass is 10.1. The molecule has 1 aromatic heterocycles. The molecule has 0 aliphatic heterocycles. The van der Waals surface area contributed by atoms with Crippen molar-refractivity contribution in [2.45, 2.75) is 18.9 Å². The number of nitrogens with two attached hydrogens (primary N) is 3. The van der Waals surface area contributed by atoms with E-state index < -0.39 is 0 Å². The average Bonchev–Trinajstić information content (AvgIpc) is 3.13. The standard InChI is InChI=1S/C20H24FN7O.ClH/c21-14-6-3-12(4-7-14)13-5-8-16-17(10-13)28-18(27-16)19(29)26-11-15(22)2-1-9-25-20(23)24;/h3-8,10,15H,1-2,9,11,22H2,(H,26,29)(H,27,28)(H4,23,24,25);1H. The highest BCUT2D eigenvalue weighted by Crippen LogP contribution is 2.23. The van der Waals surface area contributed by atoms with Gasteiger partial charge in [-0.2, -0.15) is 0 Å². The van der Waals surface area contributed by atoms with Gasteiger partial charge in [-0.3, -0.25) is 9.79 Å². The van der Waals surface area contributed by atoms with Crippen molar-refractivity contribution < 1.29 is 9.18 Å². The zero-order valence-corrected chi connectivity index (χ0v) is 17.1. The van der Waals surface area contributed by atoms with Crippen molar-refractivity contribution in [2.75, 3.05) is 13.1 Å². The quantitative estimate of drug-likeness (QED) is 0.209. The zero-order chi connectivity index (χ0) is 20.8. The van der Waals surface area contributed by atoms with Gasteiger partial charge in [0.05, 0.1) is 11.0 Å². The second-order valence-electron chi connectivity index (χ2n) is 6.74. The highest BCUT2D eigenvalue weighted by molar-refractivity contribution is 5.95. The van der Waals surface area contributed by atoms with Crippen LogP contribution in [0.15, 0.2) is 47.5 Å². The molecule has 1 atom stereocenters. The number of aromatic amines is 1. The number of hydrogen-bond acceptors (Lipinski definition) is 4. The van der Waals surface area contributed by atoms with Gasteiger partial charge in [0.1, 0.15) is 5.82 Å². The lowest BCUT2D eigenvalue weighted by molar-refractivity contribution is 0.0941. The maximum absolute atomic E-state index is 13.1. The summed E-state index contributed by atoms with van der Waals surface area (Å²) in [5, 5.41) is 2.78. The number of H-pyrrole nitrogens is 1. The first-order chi connectivity index (χ1) is 13.9. The highest BCUT2D eigenvalue weighted by atomic mass is 35.5. The van der Waals surface area contributed by atoms with E-state index in [1.807, 2.05) is 18.2 Å². The Morgan fingerprint density at radius 1 is 1.17 bits per heavy atom. The normalized spacial score (nSPS) is 11.5. The number of carbonyl (C=O) groups is 1. The maximum atomic E-state index is 13.1. The number of aliphatic imine (C=N–C) groups is 1. The fourth-order valence-electron chi connectivity index (χ4n) is 2.91. The van der Waals surface area contributed by atoms with Crippen molar-refractivity contribution in [3.05, 3.63) is 54.1 Å². The van der Waals surface area contributed by atoms with Gasteiger partial charge in [-0.1, -0.05) is 18.2 Å². The topological polar surface area (TPSA) is 148 Å². The highest BCUT2D eigenvalue weighted by Gasteiger charge is 2.13. The Labute approximate surface area is 179 Å². The van der Waals surface area contributed by atoms with Crippen LogP contribution in [0.3, 0.4) is 0 Å². The maximum Gasteiger partial charge on any atom is 0.287 e. The van der Waals surface area contributed by atoms with E-state index in [0.717, 1.165) is 23.1 Å². The van der Waals surface area contributed by atoms with Crippen molar-refractivity contribution in [1.82, 2.24) is 15.3 Å². The van der Waals surface area contributed by atoms with Crippen LogP contribution in [0.25, 0.3) is 22.2 Å². The molecule has 0 spiro atoms. The molecule has 8 N–H and O–H groups in total. The fraction of sp³-hybridized carbons (Fsp3) is 0.250. The summed E-state index contributed by atoms with van der Waals surface area (Å²) < 4.78 is 13.1. The minimum atomic E-state index is -0.329. The molecular formula is C20H25ClFN7O. The second-order valence-corrected chi connectivity index (χ2v) is 6.74. The number of guanidine groups is 1. The summed E-state index contributed by atoms with van der Waals surface area (Å²) in [5.41, 5.74) is 19.7. The van der Waals surface area contributed by atoms with E-state index in [0.29, 0.717) is 25.0 Å². The SMILES string of the molecule is Cl.NC(N)=NCCCC(N)CNC(=O)c1nc2ccc(-c3ccc(F)cc3)cc2[nH]1. The summed E-state index contributed by atoms with van der Waals surface area (Å²) >= 11 is 0. The monoisotopic (exact) mass is 433 g/mol. The molecule has 0 aliphatic carbocycles. The van der Waals surface area contributed by atoms with Crippen LogP contribution in [-0.4, -0.2) is 41.0 Å². The second kappa shape index (κ2) is 10.6. The van der Waals surface area contributed by atoms with Gasteiger partial charge < -0.3 is 27.5 Å². The number of rotatable bonds is 8. The smallest absolute Gasteiger partial charge is 0.287 e. The van der Waals surface area contributed by atoms with Gasteiger partial charge >= 0.3 is 0 Å². The van der Waals surface area contributed by atoms with E-state index in [-0.39, 0.29) is 42.0 Å². The Morgan fingerprint density at radius 3 is 2.57 bits per heavy atom. The molecular weight excluding hydrogens is 409 g/mol. The fourth-order valence-corrected chi connectivity index (χ4v) is 2.91. The summed E-state index contributed by atoms with van der Waals surface area (Å²) in [7, 11) is 0. The predicted octanol–water partition coefficient (Wildman–Crippen LogP) is 1.90. The number of aromatic nitrogens is 2. The van der Waals surface area contributed by atoms with E-state index in [4.69, 9.17) is 17.2 Å². The first-order valence-corrected chi connectivity index (χ1v) is 9.27. The van der Waals surface area contributed by atoms with Crippen molar-refractivity contribution >= 4 is 35.3 Å². The molecule has 3 rings (SSSR count). The molecule has 160 valence electrons. The van der Waals surface area contributed by atoms with Gasteiger partial charge in [-0.05, 0) is 48.2 Å². The summed E-state index contributed by atoms with van der Waals surface area (Å²) in [4.78, 5) is 23.6. The third kappa shape index (κ3) is 6.16. The summed E-state index contributed by atoms with van der Waals surface area (Å²) in [5.74, 6) is -0.350. The number of halogens is 2. The van der Waals surface area contributed by atoms with Gasteiger partial charge in [0.15, 0.2) is 11.8 Å². The van der Waals surface area contributed by atoms with E-state index in [9.17, 15) is 9.18 Å². The molecule has 0 saturated heterocycles. The molecule has 0 aliphatic rings. The third-order valence-corrected chi connectivity index (χ3v) is 4.43. The number of carbonyl (C=O) groups excluding carboxylic acids is 1. The third-order valence-electron chi connectivity index (χ3n) is 4.43. The van der Waals surface area contributed by atoms with Crippen molar-refractivity contribution in [2.24, 2.45) is 22.2 Å². The van der Waals surface area contributed by atoms with Crippen LogP contribution in [0, 0.1) is 5.82 Å². The molecule has 2 aromatic carbocycles. The minimum absolute atomic E-state index is 0. The van der Waals surface area contributed by atoms with E-state index in [1.54, 1.807) is 12.1 Å². The average molecular weight is 434 g/mol. The Hall–Kier alpha value is -3.17. The van der Waals surface area contributed by atoms with Gasteiger partial charge in [0, 0.05) is 19.1 Å². The molecule has 1 amide bonds. The van der Waals surface area contributed by atoms with Crippen LogP contribution in [0.5, 0.6) is 0 Å². The Kier molecular flexibility index (Phi) is 8.14. The number of nitrogens with one attached hydrogen (secondary N) is 2. The molecule has 0 fully saturated rings. The number of benzene rings is 2. The Morgan fingerprint density at radius 2 is 1.87 bits per heavy atom. The van der Waals surface area contributed by atoms with Crippen LogP contribution in [0.4, 0.5) is 4.39 Å². The molecule has 1 heterocycles. The van der Waals surface area contributed by atoms with Crippen LogP contribution in [-0.2, 0) is 0 Å². The predicted molar refractivity (Wildman–Crippen MR) is 119 cm³/mol. The van der Waals surface area contributed by atoms with Crippen molar-refractivity contribution in [1.29, 1.82) is 0 Å². The summed E-state index contributed by atoms with van der Waals surface area (Å²) in [6.07, 6.45) is 1.41. The van der Waals surface area contributed by atoms with Crippen molar-refractivity contribution in [3.63, 3.8) is 0 Å². The molecule has 8 nitrogen and oxygen atoms in total. The van der Waals surface area contributed by atoms with Gasteiger partial charge in [-0.15, -0.1) is 12.4 Å². The van der Waals surface area contributed by atoms with Gasteiger partial charge in [0.2, 0.25) is 0 Å². The van der Waals surface area contributed by atoms with E-state index in [2.05, 4.69) is 20.3 Å². The number of imidazole rings is 1. The molecule has 1 unspecified atom stereocenters. The largest absolute Gasteiger partial charge is 0.370 e. The molecule has 0 saturated carbocycles. The minimum Gasteiger partial charge on any atom is -0.370 e. The molecule has 3 aromatic rings. The van der Waals surface area contributed by atoms with Crippen molar-refractivity contribution in [3.8, 4) is 11.1 Å². The molecule has 30 heavy (non-hydrogen) atoms. The number of nitrogens with zero attached hydrogens (tertiary/aromatic N) is 2. The number of amides is 1. The van der Waals surface area contributed by atoms with Crippen LogP contribution in [0.2, 0.25) is 0 Å².